The van der Waals surface area contributed by atoms with Gasteiger partial charge in [-0.1, -0.05) is 36.4 Å². The van der Waals surface area contributed by atoms with Gasteiger partial charge in [0.2, 0.25) is 0 Å². The molecule has 1 aliphatic rings. The molecule has 0 unspecified atom stereocenters. The van der Waals surface area contributed by atoms with Crippen LogP contribution >= 0.6 is 0 Å². The molecule has 2 nitrogen and oxygen atoms in total. The third kappa shape index (κ3) is 1.48. The highest BCUT2D eigenvalue weighted by molar-refractivity contribution is 5.83. The lowest BCUT2D eigenvalue weighted by atomic mass is 10.0. The number of benzene rings is 2. The van der Waals surface area contributed by atoms with E-state index in [1.807, 2.05) is 0 Å². The van der Waals surface area contributed by atoms with Crippen molar-refractivity contribution in [3.05, 3.63) is 48.0 Å². The van der Waals surface area contributed by atoms with E-state index in [0.717, 1.165) is 0 Å². The van der Waals surface area contributed by atoms with Crippen LogP contribution in [0.2, 0.25) is 0 Å². The smallest absolute Gasteiger partial charge is 0.170 e. The molecular formula is C13H11NO. The van der Waals surface area contributed by atoms with Gasteiger partial charge in [0.1, 0.15) is 12.6 Å². The Labute approximate surface area is 88.2 Å². The Bertz CT molecular complexity index is 519. The highest BCUT2D eigenvalue weighted by atomic mass is 16.5. The van der Waals surface area contributed by atoms with Crippen LogP contribution in [0.25, 0.3) is 10.8 Å². The van der Waals surface area contributed by atoms with E-state index in [0.29, 0.717) is 6.61 Å². The van der Waals surface area contributed by atoms with Crippen molar-refractivity contribution in [1.82, 2.24) is 0 Å². The fraction of sp³-hybridized carbons (Fsp3) is 0.154. The second-order valence-electron chi connectivity index (χ2n) is 3.71. The molecule has 1 heterocycles. The molecule has 0 amide bonds. The molecule has 0 saturated carbocycles. The van der Waals surface area contributed by atoms with Crippen molar-refractivity contribution in [2.24, 2.45) is 4.99 Å². The predicted octanol–water partition coefficient (Wildman–Crippen LogP) is 2.94. The van der Waals surface area contributed by atoms with Gasteiger partial charge in [0, 0.05) is 0 Å². The van der Waals surface area contributed by atoms with Crippen LogP contribution < -0.4 is 0 Å². The van der Waals surface area contributed by atoms with Gasteiger partial charge in [-0.15, -0.1) is 0 Å². The zero-order valence-corrected chi connectivity index (χ0v) is 8.26. The Morgan fingerprint density at radius 1 is 1.07 bits per heavy atom. The Morgan fingerprint density at radius 2 is 1.93 bits per heavy atom. The molecular weight excluding hydrogens is 186 g/mol. The minimum atomic E-state index is 0.176. The molecule has 0 aliphatic carbocycles. The lowest BCUT2D eigenvalue weighted by Crippen LogP contribution is -1.96. The van der Waals surface area contributed by atoms with Crippen LogP contribution in [-0.4, -0.2) is 13.0 Å². The van der Waals surface area contributed by atoms with E-state index in [9.17, 15) is 0 Å². The maximum Gasteiger partial charge on any atom is 0.170 e. The van der Waals surface area contributed by atoms with Gasteiger partial charge < -0.3 is 4.74 Å². The first kappa shape index (κ1) is 8.48. The van der Waals surface area contributed by atoms with E-state index >= 15 is 0 Å². The van der Waals surface area contributed by atoms with Gasteiger partial charge in [0.05, 0.1) is 0 Å². The fourth-order valence-electron chi connectivity index (χ4n) is 1.89. The molecule has 74 valence electrons. The number of ether oxygens (including phenoxy) is 1. The highest BCUT2D eigenvalue weighted by Gasteiger charge is 2.13. The van der Waals surface area contributed by atoms with Crippen LogP contribution in [-0.2, 0) is 4.74 Å². The van der Waals surface area contributed by atoms with E-state index in [4.69, 9.17) is 4.74 Å². The number of hydrogen-bond donors (Lipinski definition) is 0. The Hall–Kier alpha value is -1.83. The van der Waals surface area contributed by atoms with Crippen LogP contribution in [0.3, 0.4) is 0 Å². The summed E-state index contributed by atoms with van der Waals surface area (Å²) in [4.78, 5) is 4.27. The van der Waals surface area contributed by atoms with Gasteiger partial charge in [-0.25, -0.2) is 4.99 Å². The average Bonchev–Trinajstić information content (AvgIpc) is 2.82. The van der Waals surface area contributed by atoms with Crippen LogP contribution in [0.4, 0.5) is 0 Å². The first-order chi connectivity index (χ1) is 7.43. The molecule has 0 saturated heterocycles. The standard InChI is InChI=1S/C13H11NO/c1-2-4-11-7-12(6-5-10(11)3-1)13-8-15-9-14-13/h1-7,9,13H,8H2/t13-/m1/s1. The minimum absolute atomic E-state index is 0.176. The number of fused-ring (bicyclic) bond motifs is 1. The lowest BCUT2D eigenvalue weighted by molar-refractivity contribution is 0.330. The summed E-state index contributed by atoms with van der Waals surface area (Å²) in [5, 5.41) is 2.53. The van der Waals surface area contributed by atoms with E-state index in [2.05, 4.69) is 47.5 Å². The van der Waals surface area contributed by atoms with Crippen LogP contribution in [0.5, 0.6) is 0 Å². The van der Waals surface area contributed by atoms with Crippen LogP contribution in [0.15, 0.2) is 47.5 Å². The molecule has 2 heteroatoms. The molecule has 1 atom stereocenters. The van der Waals surface area contributed by atoms with Gasteiger partial charge in [-0.2, -0.15) is 0 Å². The topological polar surface area (TPSA) is 21.6 Å². The molecule has 0 aromatic heterocycles. The van der Waals surface area contributed by atoms with Gasteiger partial charge in [0.25, 0.3) is 0 Å². The quantitative estimate of drug-likeness (QED) is 0.688. The SMILES string of the molecule is C1=N[C@@H](c2ccc3ccccc3c2)CO1. The monoisotopic (exact) mass is 197 g/mol. The van der Waals surface area contributed by atoms with Crippen molar-refractivity contribution < 1.29 is 4.74 Å². The fourth-order valence-corrected chi connectivity index (χ4v) is 1.89. The summed E-state index contributed by atoms with van der Waals surface area (Å²) >= 11 is 0. The van der Waals surface area contributed by atoms with Crippen LogP contribution in [0, 0.1) is 0 Å². The molecule has 0 radical (unpaired) electrons. The summed E-state index contributed by atoms with van der Waals surface area (Å²) in [6, 6.07) is 15.0. The van der Waals surface area contributed by atoms with E-state index in [1.165, 1.54) is 16.3 Å². The normalized spacial score (nSPS) is 19.3. The summed E-state index contributed by atoms with van der Waals surface area (Å²) in [7, 11) is 0. The Balaban J connectivity index is 2.09. The summed E-state index contributed by atoms with van der Waals surface area (Å²) in [6.07, 6.45) is 1.54. The van der Waals surface area contributed by atoms with Gasteiger partial charge in [0.15, 0.2) is 6.40 Å². The summed E-state index contributed by atoms with van der Waals surface area (Å²) in [6.45, 7) is 0.665. The molecule has 0 N–H and O–H groups in total. The van der Waals surface area contributed by atoms with Crippen molar-refractivity contribution in [3.8, 4) is 0 Å². The molecule has 15 heavy (non-hydrogen) atoms. The summed E-state index contributed by atoms with van der Waals surface area (Å²) in [5.74, 6) is 0. The largest absolute Gasteiger partial charge is 0.481 e. The first-order valence-electron chi connectivity index (χ1n) is 5.05. The van der Waals surface area contributed by atoms with Gasteiger partial charge in [-0.05, 0) is 22.4 Å². The number of hydrogen-bond acceptors (Lipinski definition) is 2. The lowest BCUT2D eigenvalue weighted by Gasteiger charge is -2.06. The van der Waals surface area contributed by atoms with Crippen molar-refractivity contribution in [1.29, 1.82) is 0 Å². The molecule has 2 aromatic rings. The zero-order valence-electron chi connectivity index (χ0n) is 8.26. The molecule has 1 aliphatic heterocycles. The molecule has 3 rings (SSSR count). The molecule has 2 aromatic carbocycles. The molecule has 0 spiro atoms. The van der Waals surface area contributed by atoms with Crippen LogP contribution in [0.1, 0.15) is 11.6 Å². The second kappa shape index (κ2) is 3.39. The predicted molar refractivity (Wildman–Crippen MR) is 61.1 cm³/mol. The number of nitrogens with zero attached hydrogens (tertiary/aromatic N) is 1. The third-order valence-electron chi connectivity index (χ3n) is 2.73. The van der Waals surface area contributed by atoms with Crippen molar-refractivity contribution >= 4 is 17.2 Å². The van der Waals surface area contributed by atoms with Crippen molar-refractivity contribution in [2.75, 3.05) is 6.61 Å². The van der Waals surface area contributed by atoms with Crippen molar-refractivity contribution in [3.63, 3.8) is 0 Å². The summed E-state index contributed by atoms with van der Waals surface area (Å²) in [5.41, 5.74) is 1.22. The summed E-state index contributed by atoms with van der Waals surface area (Å²) < 4.78 is 5.13. The highest BCUT2D eigenvalue weighted by Crippen LogP contribution is 2.24. The second-order valence-corrected chi connectivity index (χ2v) is 3.71. The zero-order chi connectivity index (χ0) is 10.1. The maximum atomic E-state index is 5.13. The first-order valence-corrected chi connectivity index (χ1v) is 5.05. The van der Waals surface area contributed by atoms with Crippen molar-refractivity contribution in [2.45, 2.75) is 6.04 Å². The number of rotatable bonds is 1. The van der Waals surface area contributed by atoms with E-state index in [-0.39, 0.29) is 6.04 Å². The average molecular weight is 197 g/mol. The van der Waals surface area contributed by atoms with E-state index < -0.39 is 0 Å². The van der Waals surface area contributed by atoms with Gasteiger partial charge in [-0.3, -0.25) is 0 Å². The minimum Gasteiger partial charge on any atom is -0.481 e. The molecule has 0 bridgehead atoms. The van der Waals surface area contributed by atoms with Gasteiger partial charge >= 0.3 is 0 Å². The molecule has 0 fully saturated rings. The Kier molecular flexibility index (Phi) is 1.91. The third-order valence-corrected chi connectivity index (χ3v) is 2.73. The number of aliphatic imine (C=N–C) groups is 1. The Morgan fingerprint density at radius 3 is 2.73 bits per heavy atom. The van der Waals surface area contributed by atoms with E-state index in [1.54, 1.807) is 6.40 Å². The maximum absolute atomic E-state index is 5.13.